The van der Waals surface area contributed by atoms with Crippen molar-refractivity contribution in [3.8, 4) is 11.1 Å². The fourth-order valence-corrected chi connectivity index (χ4v) is 6.02. The average Bonchev–Trinajstić information content (AvgIpc) is 3.32. The molecule has 1 aliphatic carbocycles. The second-order valence-electron chi connectivity index (χ2n) is 11.0. The van der Waals surface area contributed by atoms with Crippen LogP contribution in [0.25, 0.3) is 22.0 Å². The number of hydrogen-bond acceptors (Lipinski definition) is 7. The van der Waals surface area contributed by atoms with Gasteiger partial charge in [0, 0.05) is 36.4 Å². The maximum atomic E-state index is 13.8. The number of amides is 3. The first-order chi connectivity index (χ1) is 19.6. The number of benzene rings is 1. The Morgan fingerprint density at radius 2 is 1.83 bits per heavy atom. The Labute approximate surface area is 244 Å². The standard InChI is InChI=1S/C29H29BrN8O3/c1-15-5-8-23(30)34-26(15)35-27(40)21-10-29(3)11-22(29)38(21)24(39)14-37-20-7-6-17(18-12-32-16(2)33-13-18)9-19(20)25(36-37)28(41)31-4/h5-9,12-13,21-22H,10-11,14H2,1-4H3,(H,31,41)(H,34,35,40)/t21-,22+,29-/m0/s1. The fourth-order valence-electron chi connectivity index (χ4n) is 5.71. The van der Waals surface area contributed by atoms with E-state index in [2.05, 4.69) is 53.5 Å². The summed E-state index contributed by atoms with van der Waals surface area (Å²) in [6, 6.07) is 8.63. The van der Waals surface area contributed by atoms with Crippen molar-refractivity contribution in [2.24, 2.45) is 5.41 Å². The summed E-state index contributed by atoms with van der Waals surface area (Å²) in [5.74, 6) is 0.283. The molecule has 2 N–H and O–H groups in total. The summed E-state index contributed by atoms with van der Waals surface area (Å²) in [7, 11) is 1.54. The van der Waals surface area contributed by atoms with Gasteiger partial charge < -0.3 is 15.5 Å². The number of nitrogens with zero attached hydrogens (tertiary/aromatic N) is 6. The van der Waals surface area contributed by atoms with Crippen molar-refractivity contribution in [1.82, 2.24) is 34.9 Å². The number of anilines is 1. The summed E-state index contributed by atoms with van der Waals surface area (Å²) in [5, 5.41) is 10.7. The Morgan fingerprint density at radius 1 is 1.07 bits per heavy atom. The van der Waals surface area contributed by atoms with Gasteiger partial charge in [-0.1, -0.05) is 19.1 Å². The highest BCUT2D eigenvalue weighted by Gasteiger charge is 2.64. The zero-order chi connectivity index (χ0) is 29.1. The number of fused-ring (bicyclic) bond motifs is 2. The van der Waals surface area contributed by atoms with Crippen LogP contribution in [0.4, 0.5) is 5.82 Å². The molecule has 2 aliphatic rings. The predicted molar refractivity (Wildman–Crippen MR) is 156 cm³/mol. The molecule has 3 aromatic heterocycles. The Morgan fingerprint density at radius 3 is 2.56 bits per heavy atom. The van der Waals surface area contributed by atoms with Crippen LogP contribution in [0.2, 0.25) is 0 Å². The summed E-state index contributed by atoms with van der Waals surface area (Å²) in [5.41, 5.74) is 3.22. The number of carbonyl (C=O) groups excluding carboxylic acids is 3. The first-order valence-corrected chi connectivity index (χ1v) is 14.1. The van der Waals surface area contributed by atoms with Gasteiger partial charge in [-0.25, -0.2) is 15.0 Å². The van der Waals surface area contributed by atoms with E-state index in [1.165, 1.54) is 0 Å². The van der Waals surface area contributed by atoms with Crippen molar-refractivity contribution in [2.75, 3.05) is 12.4 Å². The highest BCUT2D eigenvalue weighted by atomic mass is 79.9. The highest BCUT2D eigenvalue weighted by Crippen LogP contribution is 2.59. The van der Waals surface area contributed by atoms with Crippen LogP contribution in [0.5, 0.6) is 0 Å². The van der Waals surface area contributed by atoms with Crippen LogP contribution in [-0.4, -0.2) is 66.5 Å². The Kier molecular flexibility index (Phi) is 6.60. The fraction of sp³-hybridized carbons (Fsp3) is 0.345. The van der Waals surface area contributed by atoms with Crippen molar-refractivity contribution in [3.05, 3.63) is 64.4 Å². The largest absolute Gasteiger partial charge is 0.354 e. The van der Waals surface area contributed by atoms with Crippen LogP contribution in [0.3, 0.4) is 0 Å². The number of pyridine rings is 1. The van der Waals surface area contributed by atoms with Crippen molar-refractivity contribution in [3.63, 3.8) is 0 Å². The van der Waals surface area contributed by atoms with E-state index >= 15 is 0 Å². The number of piperidine rings is 1. The van der Waals surface area contributed by atoms with Gasteiger partial charge in [-0.15, -0.1) is 0 Å². The summed E-state index contributed by atoms with van der Waals surface area (Å²) in [4.78, 5) is 54.7. The van der Waals surface area contributed by atoms with Gasteiger partial charge in [0.25, 0.3) is 5.91 Å². The minimum absolute atomic E-state index is 0.0179. The third-order valence-corrected chi connectivity index (χ3v) is 8.56. The Hall–Kier alpha value is -4.19. The van der Waals surface area contributed by atoms with Crippen molar-refractivity contribution in [1.29, 1.82) is 0 Å². The zero-order valence-electron chi connectivity index (χ0n) is 23.1. The van der Waals surface area contributed by atoms with Gasteiger partial charge in [-0.3, -0.25) is 19.1 Å². The molecular weight excluding hydrogens is 588 g/mol. The molecule has 1 aliphatic heterocycles. The minimum atomic E-state index is -0.625. The molecule has 4 aromatic rings. The maximum absolute atomic E-state index is 13.8. The van der Waals surface area contributed by atoms with Gasteiger partial charge in [-0.2, -0.15) is 5.10 Å². The van der Waals surface area contributed by atoms with E-state index in [1.54, 1.807) is 29.0 Å². The lowest BCUT2D eigenvalue weighted by Gasteiger charge is -2.27. The Bertz CT molecular complexity index is 1720. The maximum Gasteiger partial charge on any atom is 0.272 e. The van der Waals surface area contributed by atoms with Crippen LogP contribution in [0, 0.1) is 19.3 Å². The van der Waals surface area contributed by atoms with Crippen LogP contribution in [0.1, 0.15) is 41.6 Å². The number of aryl methyl sites for hydroxylation is 2. The van der Waals surface area contributed by atoms with Gasteiger partial charge in [0.15, 0.2) is 5.69 Å². The second kappa shape index (κ2) is 10.0. The van der Waals surface area contributed by atoms with Crippen LogP contribution in [-0.2, 0) is 16.1 Å². The summed E-state index contributed by atoms with van der Waals surface area (Å²) < 4.78 is 2.16. The summed E-state index contributed by atoms with van der Waals surface area (Å²) in [6.07, 6.45) is 4.89. The molecule has 11 nitrogen and oxygen atoms in total. The molecule has 1 aromatic carbocycles. The number of hydrogen-bond donors (Lipinski definition) is 2. The number of nitrogens with one attached hydrogen (secondary N) is 2. The monoisotopic (exact) mass is 616 g/mol. The molecule has 2 fully saturated rings. The topological polar surface area (TPSA) is 135 Å². The molecule has 1 saturated heterocycles. The predicted octanol–water partition coefficient (Wildman–Crippen LogP) is 3.65. The smallest absolute Gasteiger partial charge is 0.272 e. The first kappa shape index (κ1) is 27.0. The SMILES string of the molecule is CNC(=O)c1nn(CC(=O)N2[C@H](C(=O)Nc3nc(Br)ccc3C)C[C@@]3(C)C[C@@H]23)c2ccc(-c3cnc(C)nc3)cc12. The van der Waals surface area contributed by atoms with E-state index in [9.17, 15) is 14.4 Å². The van der Waals surface area contributed by atoms with Gasteiger partial charge >= 0.3 is 0 Å². The quantitative estimate of drug-likeness (QED) is 0.316. The molecule has 0 bridgehead atoms. The van der Waals surface area contributed by atoms with Gasteiger partial charge in [0.05, 0.1) is 5.52 Å². The van der Waals surface area contributed by atoms with E-state index in [0.717, 1.165) is 23.1 Å². The van der Waals surface area contributed by atoms with E-state index in [1.807, 2.05) is 44.2 Å². The lowest BCUT2D eigenvalue weighted by Crippen LogP contribution is -2.47. The molecule has 210 valence electrons. The number of carbonyl (C=O) groups is 3. The third-order valence-electron chi connectivity index (χ3n) is 8.12. The minimum Gasteiger partial charge on any atom is -0.354 e. The van der Waals surface area contributed by atoms with Crippen molar-refractivity contribution in [2.45, 2.75) is 52.2 Å². The molecule has 6 rings (SSSR count). The molecule has 3 amide bonds. The van der Waals surface area contributed by atoms with Crippen molar-refractivity contribution < 1.29 is 14.4 Å². The van der Waals surface area contributed by atoms with Crippen molar-refractivity contribution >= 4 is 50.4 Å². The van der Waals surface area contributed by atoms with Gasteiger partial charge in [0.2, 0.25) is 11.8 Å². The van der Waals surface area contributed by atoms with E-state index in [0.29, 0.717) is 33.6 Å². The average molecular weight is 618 g/mol. The number of rotatable bonds is 6. The number of halogens is 1. The van der Waals surface area contributed by atoms with Crippen LogP contribution < -0.4 is 10.6 Å². The number of likely N-dealkylation sites (tertiary alicyclic amines) is 1. The normalized spacial score (nSPS) is 21.0. The van der Waals surface area contributed by atoms with Crippen LogP contribution >= 0.6 is 15.9 Å². The summed E-state index contributed by atoms with van der Waals surface area (Å²) >= 11 is 3.35. The molecule has 3 atom stereocenters. The third kappa shape index (κ3) is 4.86. The molecule has 41 heavy (non-hydrogen) atoms. The van der Waals surface area contributed by atoms with Crippen LogP contribution in [0.15, 0.2) is 47.3 Å². The first-order valence-electron chi connectivity index (χ1n) is 13.3. The van der Waals surface area contributed by atoms with E-state index in [4.69, 9.17) is 0 Å². The molecule has 4 heterocycles. The van der Waals surface area contributed by atoms with Gasteiger partial charge in [-0.05, 0) is 77.4 Å². The molecular formula is C29H29BrN8O3. The highest BCUT2D eigenvalue weighted by molar-refractivity contribution is 9.10. The molecule has 0 radical (unpaired) electrons. The molecule has 0 spiro atoms. The Balaban J connectivity index is 1.30. The zero-order valence-corrected chi connectivity index (χ0v) is 24.7. The molecule has 12 heteroatoms. The van der Waals surface area contributed by atoms with E-state index in [-0.39, 0.29) is 41.4 Å². The summed E-state index contributed by atoms with van der Waals surface area (Å²) in [6.45, 7) is 5.69. The second-order valence-corrected chi connectivity index (χ2v) is 11.8. The van der Waals surface area contributed by atoms with E-state index < -0.39 is 6.04 Å². The lowest BCUT2D eigenvalue weighted by molar-refractivity contribution is -0.138. The van der Waals surface area contributed by atoms with Gasteiger partial charge in [0.1, 0.15) is 28.8 Å². The molecule has 0 unspecified atom stereocenters. The number of aromatic nitrogens is 5. The molecule has 1 saturated carbocycles. The lowest BCUT2D eigenvalue weighted by atomic mass is 10.0.